The van der Waals surface area contributed by atoms with Gasteiger partial charge in [0.05, 0.1) is 0 Å². The van der Waals surface area contributed by atoms with Crippen LogP contribution in [0.1, 0.15) is 10.4 Å². The molecule has 1 aromatic carbocycles. The normalized spacial score (nSPS) is 8.85. The number of hydrogen-bond acceptors (Lipinski definition) is 2. The summed E-state index contributed by atoms with van der Waals surface area (Å²) in [6, 6.07) is 6.57. The minimum absolute atomic E-state index is 0.183. The summed E-state index contributed by atoms with van der Waals surface area (Å²) in [6.45, 7) is 0.183. The second kappa shape index (κ2) is 4.17. The van der Waals surface area contributed by atoms with E-state index in [2.05, 4.69) is 5.92 Å². The topological polar surface area (TPSA) is 52.3 Å². The monoisotopic (exact) mass is 175 g/mol. The van der Waals surface area contributed by atoms with E-state index in [1.807, 2.05) is 0 Å². The van der Waals surface area contributed by atoms with Crippen LogP contribution < -0.4 is 10.5 Å². The van der Waals surface area contributed by atoms with Crippen molar-refractivity contribution in [2.75, 3.05) is 6.61 Å². The third-order valence-electron chi connectivity index (χ3n) is 1.44. The molecule has 0 aliphatic rings. The molecule has 0 bridgehead atoms. The standard InChI is InChI=1S/C10H9NO2/c1-2-6-13-9-5-3-4-8(7-9)10(11)12/h1,3-5,7H,6H2,(H2,11,12). The van der Waals surface area contributed by atoms with Gasteiger partial charge in [0, 0.05) is 5.56 Å². The molecule has 3 heteroatoms. The van der Waals surface area contributed by atoms with Crippen LogP contribution >= 0.6 is 0 Å². The van der Waals surface area contributed by atoms with Gasteiger partial charge in [-0.1, -0.05) is 12.0 Å². The average molecular weight is 175 g/mol. The van der Waals surface area contributed by atoms with Crippen molar-refractivity contribution in [1.29, 1.82) is 0 Å². The average Bonchev–Trinajstić information content (AvgIpc) is 2.15. The van der Waals surface area contributed by atoms with Crippen molar-refractivity contribution in [3.8, 4) is 18.1 Å². The third kappa shape index (κ3) is 2.53. The lowest BCUT2D eigenvalue weighted by Gasteiger charge is -2.02. The van der Waals surface area contributed by atoms with Crippen LogP contribution in [-0.2, 0) is 0 Å². The Balaban J connectivity index is 2.80. The van der Waals surface area contributed by atoms with Crippen molar-refractivity contribution in [2.24, 2.45) is 5.73 Å². The van der Waals surface area contributed by atoms with Crippen molar-refractivity contribution in [2.45, 2.75) is 0 Å². The first kappa shape index (κ1) is 9.14. The number of hydrogen-bond donors (Lipinski definition) is 1. The molecule has 0 aliphatic carbocycles. The molecule has 0 heterocycles. The highest BCUT2D eigenvalue weighted by molar-refractivity contribution is 5.93. The molecular weight excluding hydrogens is 166 g/mol. The molecule has 2 N–H and O–H groups in total. The first-order valence-corrected chi connectivity index (χ1v) is 3.70. The van der Waals surface area contributed by atoms with Crippen molar-refractivity contribution < 1.29 is 9.53 Å². The first-order chi connectivity index (χ1) is 6.24. The van der Waals surface area contributed by atoms with Crippen LogP contribution in [0, 0.1) is 12.3 Å². The van der Waals surface area contributed by atoms with Gasteiger partial charge < -0.3 is 10.5 Å². The molecule has 3 nitrogen and oxygen atoms in total. The van der Waals surface area contributed by atoms with Gasteiger partial charge in [-0.05, 0) is 18.2 Å². The molecule has 1 aromatic rings. The number of carbonyl (C=O) groups excluding carboxylic acids is 1. The summed E-state index contributed by atoms with van der Waals surface area (Å²) < 4.78 is 5.10. The molecule has 0 radical (unpaired) electrons. The molecule has 0 atom stereocenters. The van der Waals surface area contributed by atoms with Crippen molar-refractivity contribution >= 4 is 5.91 Å². The maximum atomic E-state index is 10.8. The molecule has 1 rings (SSSR count). The van der Waals surface area contributed by atoms with E-state index in [4.69, 9.17) is 16.9 Å². The van der Waals surface area contributed by atoms with E-state index in [1.54, 1.807) is 24.3 Å². The second-order valence-electron chi connectivity index (χ2n) is 2.38. The van der Waals surface area contributed by atoms with Gasteiger partial charge in [-0.15, -0.1) is 6.42 Å². The molecule has 0 spiro atoms. The zero-order chi connectivity index (χ0) is 9.68. The summed E-state index contributed by atoms with van der Waals surface area (Å²) in [5.41, 5.74) is 5.49. The number of terminal acetylenes is 1. The number of rotatable bonds is 3. The van der Waals surface area contributed by atoms with Gasteiger partial charge in [-0.25, -0.2) is 0 Å². The highest BCUT2D eigenvalue weighted by Crippen LogP contribution is 2.12. The molecule has 0 saturated heterocycles. The van der Waals surface area contributed by atoms with Crippen LogP contribution in [0.5, 0.6) is 5.75 Å². The summed E-state index contributed by atoms with van der Waals surface area (Å²) in [7, 11) is 0. The number of primary amides is 1. The molecule has 0 fully saturated rings. The van der Waals surface area contributed by atoms with Gasteiger partial charge in [0.1, 0.15) is 12.4 Å². The van der Waals surface area contributed by atoms with Gasteiger partial charge >= 0.3 is 0 Å². The van der Waals surface area contributed by atoms with Gasteiger partial charge in [0.25, 0.3) is 0 Å². The number of benzene rings is 1. The summed E-state index contributed by atoms with van der Waals surface area (Å²) in [5, 5.41) is 0. The summed E-state index contributed by atoms with van der Waals surface area (Å²) in [4.78, 5) is 10.8. The Morgan fingerprint density at radius 3 is 3.00 bits per heavy atom. The van der Waals surface area contributed by atoms with Crippen LogP contribution in [0.4, 0.5) is 0 Å². The lowest BCUT2D eigenvalue weighted by Crippen LogP contribution is -2.10. The SMILES string of the molecule is C#CCOc1cccc(C(N)=O)c1. The third-order valence-corrected chi connectivity index (χ3v) is 1.44. The molecule has 0 unspecified atom stereocenters. The van der Waals surface area contributed by atoms with Crippen LogP contribution in [0.2, 0.25) is 0 Å². The zero-order valence-corrected chi connectivity index (χ0v) is 6.99. The fourth-order valence-corrected chi connectivity index (χ4v) is 0.864. The van der Waals surface area contributed by atoms with E-state index >= 15 is 0 Å². The molecule has 0 aliphatic heterocycles. The minimum atomic E-state index is -0.480. The number of carbonyl (C=O) groups is 1. The molecule has 66 valence electrons. The van der Waals surface area contributed by atoms with Crippen molar-refractivity contribution in [1.82, 2.24) is 0 Å². The maximum Gasteiger partial charge on any atom is 0.248 e. The van der Waals surface area contributed by atoms with E-state index in [-0.39, 0.29) is 6.61 Å². The zero-order valence-electron chi connectivity index (χ0n) is 6.99. The highest BCUT2D eigenvalue weighted by Gasteiger charge is 2.00. The van der Waals surface area contributed by atoms with E-state index in [0.29, 0.717) is 11.3 Å². The van der Waals surface area contributed by atoms with Gasteiger partial charge in [0.2, 0.25) is 5.91 Å². The summed E-state index contributed by atoms with van der Waals surface area (Å²) in [6.07, 6.45) is 5.01. The predicted molar refractivity (Wildman–Crippen MR) is 49.3 cm³/mol. The largest absolute Gasteiger partial charge is 0.481 e. The Labute approximate surface area is 76.5 Å². The fourth-order valence-electron chi connectivity index (χ4n) is 0.864. The van der Waals surface area contributed by atoms with Gasteiger partial charge in [-0.3, -0.25) is 4.79 Å². The Morgan fingerprint density at radius 1 is 1.62 bits per heavy atom. The predicted octanol–water partition coefficient (Wildman–Crippen LogP) is 0.798. The summed E-state index contributed by atoms with van der Waals surface area (Å²) in [5.74, 6) is 2.40. The summed E-state index contributed by atoms with van der Waals surface area (Å²) >= 11 is 0. The fraction of sp³-hybridized carbons (Fsp3) is 0.100. The van der Waals surface area contributed by atoms with Gasteiger partial charge in [0.15, 0.2) is 0 Å². The molecule has 0 aromatic heterocycles. The number of amides is 1. The van der Waals surface area contributed by atoms with Gasteiger partial charge in [-0.2, -0.15) is 0 Å². The Bertz CT molecular complexity index is 352. The molecule has 1 amide bonds. The van der Waals surface area contributed by atoms with Crippen LogP contribution in [-0.4, -0.2) is 12.5 Å². The minimum Gasteiger partial charge on any atom is -0.481 e. The van der Waals surface area contributed by atoms with Crippen molar-refractivity contribution in [3.05, 3.63) is 29.8 Å². The van der Waals surface area contributed by atoms with Crippen LogP contribution in [0.3, 0.4) is 0 Å². The quantitative estimate of drug-likeness (QED) is 0.691. The van der Waals surface area contributed by atoms with E-state index in [1.165, 1.54) is 0 Å². The first-order valence-electron chi connectivity index (χ1n) is 3.70. The van der Waals surface area contributed by atoms with E-state index < -0.39 is 5.91 Å². The lowest BCUT2D eigenvalue weighted by molar-refractivity contribution is 0.1000. The second-order valence-corrected chi connectivity index (χ2v) is 2.38. The number of ether oxygens (including phenoxy) is 1. The molecule has 0 saturated carbocycles. The lowest BCUT2D eigenvalue weighted by atomic mass is 10.2. The molecular formula is C10H9NO2. The Hall–Kier alpha value is -1.95. The van der Waals surface area contributed by atoms with Crippen LogP contribution in [0.15, 0.2) is 24.3 Å². The van der Waals surface area contributed by atoms with Crippen LogP contribution in [0.25, 0.3) is 0 Å². The van der Waals surface area contributed by atoms with Crippen molar-refractivity contribution in [3.63, 3.8) is 0 Å². The Morgan fingerprint density at radius 2 is 2.38 bits per heavy atom. The highest BCUT2D eigenvalue weighted by atomic mass is 16.5. The maximum absolute atomic E-state index is 10.8. The number of nitrogens with two attached hydrogens (primary N) is 1. The van der Waals surface area contributed by atoms with E-state index in [9.17, 15) is 4.79 Å². The smallest absolute Gasteiger partial charge is 0.248 e. The molecule has 13 heavy (non-hydrogen) atoms. The Kier molecular flexibility index (Phi) is 2.93. The van der Waals surface area contributed by atoms with E-state index in [0.717, 1.165) is 0 Å².